The van der Waals surface area contributed by atoms with E-state index in [9.17, 15) is 9.18 Å². The minimum absolute atomic E-state index is 0.268. The zero-order valence-corrected chi connectivity index (χ0v) is 15.5. The molecule has 2 N–H and O–H groups in total. The second kappa shape index (κ2) is 8.85. The van der Waals surface area contributed by atoms with Gasteiger partial charge in [-0.2, -0.15) is 0 Å². The molecule has 6 nitrogen and oxygen atoms in total. The van der Waals surface area contributed by atoms with Crippen molar-refractivity contribution < 1.29 is 18.7 Å². The number of rotatable bonds is 7. The summed E-state index contributed by atoms with van der Waals surface area (Å²) in [6, 6.07) is 14.7. The number of nitrogens with zero attached hydrogens (tertiary/aromatic N) is 1. The van der Waals surface area contributed by atoms with Crippen LogP contribution in [0.2, 0.25) is 0 Å². The molecule has 1 heterocycles. The van der Waals surface area contributed by atoms with E-state index in [-0.39, 0.29) is 17.4 Å². The summed E-state index contributed by atoms with van der Waals surface area (Å²) in [4.78, 5) is 16.6. The lowest BCUT2D eigenvalue weighted by atomic mass is 10.2. The Labute approximate surface area is 162 Å². The topological polar surface area (TPSA) is 72.5 Å². The van der Waals surface area contributed by atoms with Gasteiger partial charge in [-0.05, 0) is 42.0 Å². The maximum atomic E-state index is 12.9. The third-order valence-corrected chi connectivity index (χ3v) is 4.05. The van der Waals surface area contributed by atoms with Gasteiger partial charge in [0.15, 0.2) is 11.5 Å². The number of halogens is 1. The molecule has 0 radical (unpaired) electrons. The average molecular weight is 381 g/mol. The van der Waals surface area contributed by atoms with E-state index in [0.717, 1.165) is 11.3 Å². The molecular formula is C21H20FN3O3. The first-order valence-corrected chi connectivity index (χ1v) is 8.57. The van der Waals surface area contributed by atoms with Crippen LogP contribution in [0.3, 0.4) is 0 Å². The lowest BCUT2D eigenvalue weighted by molar-refractivity contribution is 0.102. The fraction of sp³-hybridized carbons (Fsp3) is 0.143. The molecule has 0 spiro atoms. The van der Waals surface area contributed by atoms with Crippen LogP contribution in [-0.2, 0) is 6.54 Å². The maximum absolute atomic E-state index is 12.9. The molecule has 0 bridgehead atoms. The fourth-order valence-electron chi connectivity index (χ4n) is 2.55. The molecule has 3 aromatic rings. The van der Waals surface area contributed by atoms with Gasteiger partial charge in [-0.15, -0.1) is 0 Å². The Morgan fingerprint density at radius 2 is 1.68 bits per heavy atom. The molecule has 0 unspecified atom stereocenters. The number of pyridine rings is 1. The van der Waals surface area contributed by atoms with Crippen molar-refractivity contribution in [3.05, 3.63) is 77.9 Å². The number of hydrogen-bond acceptors (Lipinski definition) is 5. The van der Waals surface area contributed by atoms with Gasteiger partial charge in [0.1, 0.15) is 11.5 Å². The van der Waals surface area contributed by atoms with Crippen molar-refractivity contribution in [3.63, 3.8) is 0 Å². The fourth-order valence-corrected chi connectivity index (χ4v) is 2.55. The van der Waals surface area contributed by atoms with Gasteiger partial charge >= 0.3 is 0 Å². The van der Waals surface area contributed by atoms with E-state index >= 15 is 0 Å². The second-order valence-corrected chi connectivity index (χ2v) is 5.94. The number of ether oxygens (including phenoxy) is 2. The molecule has 28 heavy (non-hydrogen) atoms. The summed E-state index contributed by atoms with van der Waals surface area (Å²) in [5, 5.41) is 5.95. The zero-order chi connectivity index (χ0) is 19.9. The van der Waals surface area contributed by atoms with Crippen molar-refractivity contribution >= 4 is 17.3 Å². The largest absolute Gasteiger partial charge is 0.493 e. The van der Waals surface area contributed by atoms with Crippen molar-refractivity contribution in [1.82, 2.24) is 4.98 Å². The Morgan fingerprint density at radius 1 is 0.964 bits per heavy atom. The Hall–Kier alpha value is -3.61. The number of hydrogen-bond donors (Lipinski definition) is 2. The van der Waals surface area contributed by atoms with Gasteiger partial charge < -0.3 is 20.1 Å². The zero-order valence-electron chi connectivity index (χ0n) is 15.5. The Morgan fingerprint density at radius 3 is 2.32 bits per heavy atom. The first-order chi connectivity index (χ1) is 13.6. The standard InChI is InChI=1S/C21H20FN3O3/c1-27-19-10-8-16(11-20(19)28-2)25-21(26)18-9-7-17(13-24-18)23-12-14-3-5-15(22)6-4-14/h3-11,13,23H,12H2,1-2H3,(H,25,26). The van der Waals surface area contributed by atoms with E-state index in [2.05, 4.69) is 15.6 Å². The molecule has 0 atom stereocenters. The van der Waals surface area contributed by atoms with Crippen LogP contribution in [0.5, 0.6) is 11.5 Å². The van der Waals surface area contributed by atoms with E-state index in [1.165, 1.54) is 19.2 Å². The van der Waals surface area contributed by atoms with Gasteiger partial charge in [0.2, 0.25) is 0 Å². The molecule has 0 aliphatic heterocycles. The van der Waals surface area contributed by atoms with Crippen LogP contribution in [0.4, 0.5) is 15.8 Å². The van der Waals surface area contributed by atoms with E-state index in [1.807, 2.05) is 0 Å². The van der Waals surface area contributed by atoms with Gasteiger partial charge in [-0.3, -0.25) is 4.79 Å². The van der Waals surface area contributed by atoms with Crippen molar-refractivity contribution in [1.29, 1.82) is 0 Å². The third kappa shape index (κ3) is 4.76. The first kappa shape index (κ1) is 19.2. The molecular weight excluding hydrogens is 361 g/mol. The van der Waals surface area contributed by atoms with Crippen molar-refractivity contribution in [2.24, 2.45) is 0 Å². The second-order valence-electron chi connectivity index (χ2n) is 5.94. The monoisotopic (exact) mass is 381 g/mol. The Kier molecular flexibility index (Phi) is 6.06. The molecule has 0 saturated carbocycles. The van der Waals surface area contributed by atoms with Gasteiger partial charge in [-0.25, -0.2) is 9.37 Å². The summed E-state index contributed by atoms with van der Waals surface area (Å²) in [5.74, 6) is 0.497. The van der Waals surface area contributed by atoms with Gasteiger partial charge in [0.25, 0.3) is 5.91 Å². The van der Waals surface area contributed by atoms with E-state index < -0.39 is 0 Å². The quantitative estimate of drug-likeness (QED) is 0.645. The van der Waals surface area contributed by atoms with Gasteiger partial charge in [0, 0.05) is 18.3 Å². The summed E-state index contributed by atoms with van der Waals surface area (Å²) in [6.07, 6.45) is 1.58. The van der Waals surface area contributed by atoms with Crippen LogP contribution in [0.1, 0.15) is 16.1 Å². The molecule has 2 aromatic carbocycles. The number of carbonyl (C=O) groups is 1. The summed E-state index contributed by atoms with van der Waals surface area (Å²) in [6.45, 7) is 0.527. The van der Waals surface area contributed by atoms with Crippen molar-refractivity contribution in [2.75, 3.05) is 24.9 Å². The molecule has 1 amide bonds. The minimum atomic E-state index is -0.336. The van der Waals surface area contributed by atoms with Crippen molar-refractivity contribution in [2.45, 2.75) is 6.54 Å². The Balaban J connectivity index is 1.61. The summed E-state index contributed by atoms with van der Waals surface area (Å²) in [5.41, 5.74) is 2.55. The molecule has 1 aromatic heterocycles. The number of benzene rings is 2. The minimum Gasteiger partial charge on any atom is -0.493 e. The van der Waals surface area contributed by atoms with Crippen LogP contribution < -0.4 is 20.1 Å². The van der Waals surface area contributed by atoms with Crippen LogP contribution in [0, 0.1) is 5.82 Å². The van der Waals surface area contributed by atoms with E-state index in [4.69, 9.17) is 9.47 Å². The number of nitrogens with one attached hydrogen (secondary N) is 2. The van der Waals surface area contributed by atoms with E-state index in [1.54, 1.807) is 55.8 Å². The number of anilines is 2. The number of methoxy groups -OCH3 is 2. The molecule has 0 saturated heterocycles. The highest BCUT2D eigenvalue weighted by atomic mass is 19.1. The number of aromatic nitrogens is 1. The SMILES string of the molecule is COc1ccc(NC(=O)c2ccc(NCc3ccc(F)cc3)cn2)cc1OC. The predicted molar refractivity (Wildman–Crippen MR) is 105 cm³/mol. The molecule has 0 fully saturated rings. The first-order valence-electron chi connectivity index (χ1n) is 8.57. The maximum Gasteiger partial charge on any atom is 0.274 e. The van der Waals surface area contributed by atoms with Crippen LogP contribution in [0.25, 0.3) is 0 Å². The summed E-state index contributed by atoms with van der Waals surface area (Å²) >= 11 is 0. The molecule has 144 valence electrons. The van der Waals surface area contributed by atoms with Crippen LogP contribution >= 0.6 is 0 Å². The highest BCUT2D eigenvalue weighted by molar-refractivity contribution is 6.03. The highest BCUT2D eigenvalue weighted by Crippen LogP contribution is 2.29. The number of carbonyl (C=O) groups excluding carboxylic acids is 1. The summed E-state index contributed by atoms with van der Waals surface area (Å²) in [7, 11) is 3.08. The van der Waals surface area contributed by atoms with Crippen molar-refractivity contribution in [3.8, 4) is 11.5 Å². The molecule has 7 heteroatoms. The highest BCUT2D eigenvalue weighted by Gasteiger charge is 2.10. The molecule has 0 aliphatic rings. The normalized spacial score (nSPS) is 10.2. The van der Waals surface area contributed by atoms with Crippen LogP contribution in [-0.4, -0.2) is 25.1 Å². The van der Waals surface area contributed by atoms with Crippen LogP contribution in [0.15, 0.2) is 60.8 Å². The third-order valence-electron chi connectivity index (χ3n) is 4.05. The smallest absolute Gasteiger partial charge is 0.274 e. The molecule has 3 rings (SSSR count). The average Bonchev–Trinajstić information content (AvgIpc) is 2.73. The van der Waals surface area contributed by atoms with E-state index in [0.29, 0.717) is 23.7 Å². The summed E-state index contributed by atoms with van der Waals surface area (Å²) < 4.78 is 23.3. The lowest BCUT2D eigenvalue weighted by Crippen LogP contribution is -2.14. The molecule has 0 aliphatic carbocycles. The predicted octanol–water partition coefficient (Wildman–Crippen LogP) is 4.10. The van der Waals surface area contributed by atoms with Gasteiger partial charge in [0.05, 0.1) is 26.1 Å². The Bertz CT molecular complexity index is 944. The number of amides is 1. The lowest BCUT2D eigenvalue weighted by Gasteiger charge is -2.11. The van der Waals surface area contributed by atoms with Gasteiger partial charge in [-0.1, -0.05) is 12.1 Å².